The Morgan fingerprint density at radius 2 is 2.25 bits per heavy atom. The fraction of sp³-hybridized carbons (Fsp3) is 0.615. The van der Waals surface area contributed by atoms with E-state index in [1.165, 1.54) is 0 Å². The van der Waals surface area contributed by atoms with Crippen LogP contribution >= 0.6 is 0 Å². The molecule has 1 aromatic heterocycles. The zero-order valence-corrected chi connectivity index (χ0v) is 10.1. The first-order valence-electron chi connectivity index (χ1n) is 5.97. The summed E-state index contributed by atoms with van der Waals surface area (Å²) < 4.78 is 0. The van der Waals surface area contributed by atoms with Gasteiger partial charge >= 0.3 is 0 Å². The standard InChI is InChI=1S/C13H22N2O/c1-3-10(2)7-13(16)12(8-14)11-5-4-6-15-9-11/h4-6,9-10,12-13,16H,3,7-8,14H2,1-2H3. The van der Waals surface area contributed by atoms with Crippen molar-refractivity contribution in [3.63, 3.8) is 0 Å². The predicted octanol–water partition coefficient (Wildman–Crippen LogP) is 1.92. The molecular weight excluding hydrogens is 200 g/mol. The van der Waals surface area contributed by atoms with Gasteiger partial charge in [0.2, 0.25) is 0 Å². The van der Waals surface area contributed by atoms with Gasteiger partial charge in [0.25, 0.3) is 0 Å². The molecule has 0 aromatic carbocycles. The Labute approximate surface area is 97.7 Å². The summed E-state index contributed by atoms with van der Waals surface area (Å²) >= 11 is 0. The van der Waals surface area contributed by atoms with Crippen molar-refractivity contribution >= 4 is 0 Å². The lowest BCUT2D eigenvalue weighted by atomic mass is 9.88. The van der Waals surface area contributed by atoms with E-state index in [1.807, 2.05) is 12.1 Å². The lowest BCUT2D eigenvalue weighted by Crippen LogP contribution is -2.27. The van der Waals surface area contributed by atoms with E-state index in [9.17, 15) is 5.11 Å². The number of nitrogens with two attached hydrogens (primary N) is 1. The van der Waals surface area contributed by atoms with Crippen LogP contribution in [0.15, 0.2) is 24.5 Å². The minimum atomic E-state index is -0.371. The van der Waals surface area contributed by atoms with Crippen molar-refractivity contribution in [2.75, 3.05) is 6.54 Å². The topological polar surface area (TPSA) is 59.1 Å². The number of rotatable bonds is 6. The van der Waals surface area contributed by atoms with E-state index < -0.39 is 0 Å². The van der Waals surface area contributed by atoms with Crippen LogP contribution in [0.5, 0.6) is 0 Å². The highest BCUT2D eigenvalue weighted by atomic mass is 16.3. The molecular formula is C13H22N2O. The van der Waals surface area contributed by atoms with Crippen molar-refractivity contribution in [2.24, 2.45) is 11.7 Å². The molecule has 3 atom stereocenters. The molecule has 3 N–H and O–H groups in total. The van der Waals surface area contributed by atoms with Crippen molar-refractivity contribution in [1.29, 1.82) is 0 Å². The molecule has 0 fully saturated rings. The van der Waals surface area contributed by atoms with Crippen LogP contribution in [0.25, 0.3) is 0 Å². The van der Waals surface area contributed by atoms with Crippen LogP contribution < -0.4 is 5.73 Å². The highest BCUT2D eigenvalue weighted by molar-refractivity contribution is 5.16. The Morgan fingerprint density at radius 3 is 2.75 bits per heavy atom. The monoisotopic (exact) mass is 222 g/mol. The third kappa shape index (κ3) is 3.58. The van der Waals surface area contributed by atoms with Crippen LogP contribution in [-0.2, 0) is 0 Å². The molecule has 3 heteroatoms. The maximum atomic E-state index is 10.2. The van der Waals surface area contributed by atoms with Gasteiger partial charge in [0.15, 0.2) is 0 Å². The van der Waals surface area contributed by atoms with Crippen LogP contribution in [-0.4, -0.2) is 22.7 Å². The van der Waals surface area contributed by atoms with Gasteiger partial charge in [-0.25, -0.2) is 0 Å². The van der Waals surface area contributed by atoms with Gasteiger partial charge < -0.3 is 10.8 Å². The Hall–Kier alpha value is -0.930. The minimum Gasteiger partial charge on any atom is -0.392 e. The normalized spacial score (nSPS) is 16.8. The van der Waals surface area contributed by atoms with Gasteiger partial charge in [0.05, 0.1) is 6.10 Å². The summed E-state index contributed by atoms with van der Waals surface area (Å²) in [6, 6.07) is 3.86. The van der Waals surface area contributed by atoms with E-state index in [0.29, 0.717) is 12.5 Å². The molecule has 0 bridgehead atoms. The van der Waals surface area contributed by atoms with Crippen LogP contribution in [0, 0.1) is 5.92 Å². The van der Waals surface area contributed by atoms with Crippen LogP contribution in [0.2, 0.25) is 0 Å². The maximum absolute atomic E-state index is 10.2. The van der Waals surface area contributed by atoms with Gasteiger partial charge in [-0.15, -0.1) is 0 Å². The number of aliphatic hydroxyl groups is 1. The first-order chi connectivity index (χ1) is 7.69. The van der Waals surface area contributed by atoms with E-state index in [2.05, 4.69) is 18.8 Å². The SMILES string of the molecule is CCC(C)CC(O)C(CN)c1cccnc1. The minimum absolute atomic E-state index is 0.00250. The molecule has 1 rings (SSSR count). The Bertz CT molecular complexity index is 289. The molecule has 0 aliphatic rings. The third-order valence-corrected chi connectivity index (χ3v) is 3.17. The molecule has 0 aliphatic carbocycles. The van der Waals surface area contributed by atoms with Crippen molar-refractivity contribution < 1.29 is 5.11 Å². The molecule has 16 heavy (non-hydrogen) atoms. The predicted molar refractivity (Wildman–Crippen MR) is 66.1 cm³/mol. The summed E-state index contributed by atoms with van der Waals surface area (Å²) in [6.07, 6.45) is 5.04. The van der Waals surface area contributed by atoms with E-state index in [0.717, 1.165) is 18.4 Å². The fourth-order valence-electron chi connectivity index (χ4n) is 1.85. The molecule has 3 unspecified atom stereocenters. The molecule has 0 aliphatic heterocycles. The van der Waals surface area contributed by atoms with Crippen molar-refractivity contribution in [3.8, 4) is 0 Å². The smallest absolute Gasteiger partial charge is 0.0624 e. The maximum Gasteiger partial charge on any atom is 0.0624 e. The molecule has 0 spiro atoms. The molecule has 90 valence electrons. The molecule has 0 amide bonds. The number of aromatic nitrogens is 1. The zero-order valence-electron chi connectivity index (χ0n) is 10.1. The molecule has 1 heterocycles. The first-order valence-corrected chi connectivity index (χ1v) is 5.97. The van der Waals surface area contributed by atoms with E-state index in [4.69, 9.17) is 5.73 Å². The Kier molecular flexibility index (Phi) is 5.43. The quantitative estimate of drug-likeness (QED) is 0.773. The molecule has 0 saturated heterocycles. The second kappa shape index (κ2) is 6.61. The number of nitrogens with zero attached hydrogens (tertiary/aromatic N) is 1. The molecule has 0 radical (unpaired) electrons. The second-order valence-electron chi connectivity index (χ2n) is 4.45. The lowest BCUT2D eigenvalue weighted by molar-refractivity contribution is 0.117. The van der Waals surface area contributed by atoms with Gasteiger partial charge in [-0.05, 0) is 24.0 Å². The van der Waals surface area contributed by atoms with Crippen LogP contribution in [0.1, 0.15) is 38.2 Å². The van der Waals surface area contributed by atoms with Crippen molar-refractivity contribution in [1.82, 2.24) is 4.98 Å². The number of hydrogen-bond donors (Lipinski definition) is 2. The summed E-state index contributed by atoms with van der Waals surface area (Å²) in [7, 11) is 0. The molecule has 0 saturated carbocycles. The van der Waals surface area contributed by atoms with Crippen LogP contribution in [0.4, 0.5) is 0 Å². The van der Waals surface area contributed by atoms with Crippen LogP contribution in [0.3, 0.4) is 0 Å². The summed E-state index contributed by atoms with van der Waals surface area (Å²) in [5.41, 5.74) is 6.76. The van der Waals surface area contributed by atoms with Gasteiger partial charge in [0.1, 0.15) is 0 Å². The highest BCUT2D eigenvalue weighted by Crippen LogP contribution is 2.23. The van der Waals surface area contributed by atoms with E-state index >= 15 is 0 Å². The average molecular weight is 222 g/mol. The molecule has 1 aromatic rings. The average Bonchev–Trinajstić information content (AvgIpc) is 2.31. The zero-order chi connectivity index (χ0) is 12.0. The molecule has 3 nitrogen and oxygen atoms in total. The summed E-state index contributed by atoms with van der Waals surface area (Å²) in [6.45, 7) is 4.75. The Morgan fingerprint density at radius 1 is 1.50 bits per heavy atom. The first kappa shape index (κ1) is 13.1. The Balaban J connectivity index is 2.67. The largest absolute Gasteiger partial charge is 0.392 e. The summed E-state index contributed by atoms with van der Waals surface area (Å²) in [5.74, 6) is 0.531. The lowest BCUT2D eigenvalue weighted by Gasteiger charge is -2.23. The van der Waals surface area contributed by atoms with Gasteiger partial charge in [-0.1, -0.05) is 26.3 Å². The van der Waals surface area contributed by atoms with E-state index in [1.54, 1.807) is 12.4 Å². The summed E-state index contributed by atoms with van der Waals surface area (Å²) in [4.78, 5) is 4.07. The van der Waals surface area contributed by atoms with Gasteiger partial charge in [-0.2, -0.15) is 0 Å². The van der Waals surface area contributed by atoms with Gasteiger partial charge in [0, 0.05) is 24.9 Å². The number of aliphatic hydroxyl groups excluding tert-OH is 1. The number of hydrogen-bond acceptors (Lipinski definition) is 3. The van der Waals surface area contributed by atoms with Crippen molar-refractivity contribution in [3.05, 3.63) is 30.1 Å². The summed E-state index contributed by atoms with van der Waals surface area (Å²) in [5, 5.41) is 10.2. The highest BCUT2D eigenvalue weighted by Gasteiger charge is 2.21. The van der Waals surface area contributed by atoms with E-state index in [-0.39, 0.29) is 12.0 Å². The third-order valence-electron chi connectivity index (χ3n) is 3.17. The second-order valence-corrected chi connectivity index (χ2v) is 4.45. The number of pyridine rings is 1. The van der Waals surface area contributed by atoms with Gasteiger partial charge in [-0.3, -0.25) is 4.98 Å². The fourth-order valence-corrected chi connectivity index (χ4v) is 1.85. The van der Waals surface area contributed by atoms with Crippen molar-refractivity contribution in [2.45, 2.75) is 38.7 Å².